The number of rotatable bonds is 4. The lowest BCUT2D eigenvalue weighted by Crippen LogP contribution is -2.35. The normalized spacial score (nSPS) is 15.1. The Kier molecular flexibility index (Phi) is 6.07. The molecule has 46 heavy (non-hydrogen) atoms. The maximum Gasteiger partial charge on any atom is 0.160 e. The van der Waals surface area contributed by atoms with E-state index in [0.29, 0.717) is 5.84 Å². The lowest BCUT2D eigenvalue weighted by Gasteiger charge is -2.33. The van der Waals surface area contributed by atoms with Crippen LogP contribution < -0.4 is 0 Å². The van der Waals surface area contributed by atoms with Crippen LogP contribution in [0.25, 0.3) is 54.6 Å². The maximum absolute atomic E-state index is 6.44. The van der Waals surface area contributed by atoms with Crippen molar-refractivity contribution < 1.29 is 4.42 Å². The fourth-order valence-electron chi connectivity index (χ4n) is 6.80. The second-order valence-corrected chi connectivity index (χ2v) is 11.9. The van der Waals surface area contributed by atoms with E-state index < -0.39 is 0 Å². The molecule has 1 aliphatic rings. The van der Waals surface area contributed by atoms with Crippen LogP contribution in [0.2, 0.25) is 0 Å². The highest BCUT2D eigenvalue weighted by Gasteiger charge is 2.29. The van der Waals surface area contributed by atoms with Crippen molar-refractivity contribution in [1.29, 1.82) is 0 Å². The molecule has 0 saturated carbocycles. The van der Waals surface area contributed by atoms with Gasteiger partial charge in [-0.3, -0.25) is 0 Å². The van der Waals surface area contributed by atoms with Crippen molar-refractivity contribution in [3.8, 4) is 11.1 Å². The number of hydrogen-bond acceptors (Lipinski definition) is 4. The van der Waals surface area contributed by atoms with E-state index in [4.69, 9.17) is 14.4 Å². The predicted molar refractivity (Wildman–Crippen MR) is 191 cm³/mol. The summed E-state index contributed by atoms with van der Waals surface area (Å²) in [4.78, 5) is 12.9. The minimum atomic E-state index is -0.277. The Morgan fingerprint density at radius 2 is 1.20 bits per heavy atom. The fraction of sp³-hybridized carbons (Fsp3) is 0.0476. The predicted octanol–water partition coefficient (Wildman–Crippen LogP) is 10.4. The first-order valence-corrected chi connectivity index (χ1v) is 15.6. The van der Waals surface area contributed by atoms with Gasteiger partial charge in [0.25, 0.3) is 0 Å². The largest absolute Gasteiger partial charge is 0.456 e. The van der Waals surface area contributed by atoms with Crippen LogP contribution in [-0.4, -0.2) is 23.6 Å². The summed E-state index contributed by atoms with van der Waals surface area (Å²) < 4.78 is 6.44. The van der Waals surface area contributed by atoms with Gasteiger partial charge in [0.15, 0.2) is 5.84 Å². The maximum atomic E-state index is 6.44. The van der Waals surface area contributed by atoms with Crippen molar-refractivity contribution in [2.75, 3.05) is 7.05 Å². The molecule has 1 aromatic heterocycles. The lowest BCUT2D eigenvalue weighted by molar-refractivity contribution is 0.383. The molecule has 218 valence electrons. The van der Waals surface area contributed by atoms with Gasteiger partial charge in [-0.2, -0.15) is 0 Å². The van der Waals surface area contributed by atoms with E-state index in [0.717, 1.165) is 55.2 Å². The molecule has 1 atom stereocenters. The highest BCUT2D eigenvalue weighted by Crippen LogP contribution is 2.37. The quantitative estimate of drug-likeness (QED) is 0.204. The Labute approximate surface area is 266 Å². The molecular formula is C42H29N3O. The first-order valence-electron chi connectivity index (χ1n) is 15.6. The zero-order valence-electron chi connectivity index (χ0n) is 25.3. The zero-order valence-corrected chi connectivity index (χ0v) is 25.3. The van der Waals surface area contributed by atoms with E-state index in [1.54, 1.807) is 0 Å². The summed E-state index contributed by atoms with van der Waals surface area (Å²) in [6, 6.07) is 53.1. The molecule has 0 saturated heterocycles. The van der Waals surface area contributed by atoms with Crippen molar-refractivity contribution in [3.05, 3.63) is 168 Å². The number of aliphatic imine (C=N–C) groups is 2. The average Bonchev–Trinajstić information content (AvgIpc) is 3.48. The second kappa shape index (κ2) is 10.6. The molecule has 4 nitrogen and oxygen atoms in total. The van der Waals surface area contributed by atoms with Gasteiger partial charge in [0, 0.05) is 28.9 Å². The summed E-state index contributed by atoms with van der Waals surface area (Å²) in [5, 5.41) is 6.77. The number of amidine groups is 2. The van der Waals surface area contributed by atoms with Gasteiger partial charge in [-0.25, -0.2) is 9.98 Å². The molecule has 0 bridgehead atoms. The minimum Gasteiger partial charge on any atom is -0.456 e. The SMILES string of the molecule is CN1C(c2cccc3ccccc23)=NC(c2cccc3oc4cc5ccccc5cc4c23)=NC1c1ccc(-c2ccccc2)cc1. The summed E-state index contributed by atoms with van der Waals surface area (Å²) in [6.45, 7) is 0. The van der Waals surface area contributed by atoms with Gasteiger partial charge in [0.05, 0.1) is 0 Å². The van der Waals surface area contributed by atoms with Gasteiger partial charge in [-0.05, 0) is 56.4 Å². The summed E-state index contributed by atoms with van der Waals surface area (Å²) in [7, 11) is 2.09. The molecule has 0 radical (unpaired) electrons. The first-order chi connectivity index (χ1) is 22.7. The van der Waals surface area contributed by atoms with Gasteiger partial charge >= 0.3 is 0 Å². The van der Waals surface area contributed by atoms with E-state index >= 15 is 0 Å². The second-order valence-electron chi connectivity index (χ2n) is 11.9. The number of furan rings is 1. The Balaban J connectivity index is 1.26. The van der Waals surface area contributed by atoms with Crippen LogP contribution in [0.1, 0.15) is 22.9 Å². The minimum absolute atomic E-state index is 0.277. The average molecular weight is 592 g/mol. The highest BCUT2D eigenvalue weighted by atomic mass is 16.3. The number of hydrogen-bond donors (Lipinski definition) is 0. The van der Waals surface area contributed by atoms with Gasteiger partial charge in [-0.15, -0.1) is 0 Å². The van der Waals surface area contributed by atoms with Crippen molar-refractivity contribution in [2.45, 2.75) is 6.17 Å². The van der Waals surface area contributed by atoms with Crippen molar-refractivity contribution >= 4 is 55.2 Å². The van der Waals surface area contributed by atoms with E-state index in [9.17, 15) is 0 Å². The summed E-state index contributed by atoms with van der Waals surface area (Å²) >= 11 is 0. The van der Waals surface area contributed by atoms with Crippen molar-refractivity contribution in [1.82, 2.24) is 4.90 Å². The third-order valence-corrected chi connectivity index (χ3v) is 9.11. The van der Waals surface area contributed by atoms with Crippen LogP contribution in [0.4, 0.5) is 0 Å². The van der Waals surface area contributed by atoms with Crippen LogP contribution >= 0.6 is 0 Å². The molecule has 1 unspecified atom stereocenters. The van der Waals surface area contributed by atoms with Gasteiger partial charge in [0.2, 0.25) is 0 Å². The Bertz CT molecular complexity index is 2480. The molecule has 0 spiro atoms. The van der Waals surface area contributed by atoms with Gasteiger partial charge in [0.1, 0.15) is 23.2 Å². The van der Waals surface area contributed by atoms with Crippen LogP contribution in [0.3, 0.4) is 0 Å². The van der Waals surface area contributed by atoms with Gasteiger partial charge in [-0.1, -0.05) is 133 Å². The van der Waals surface area contributed by atoms with E-state index in [2.05, 4.69) is 145 Å². The van der Waals surface area contributed by atoms with Crippen LogP contribution in [0, 0.1) is 0 Å². The van der Waals surface area contributed by atoms with Crippen LogP contribution in [-0.2, 0) is 0 Å². The number of nitrogens with zero attached hydrogens (tertiary/aromatic N) is 3. The zero-order chi connectivity index (χ0) is 30.6. The van der Waals surface area contributed by atoms with E-state index in [1.807, 2.05) is 18.2 Å². The Hall–Kier alpha value is -6.00. The van der Waals surface area contributed by atoms with Crippen LogP contribution in [0.15, 0.2) is 166 Å². The van der Waals surface area contributed by atoms with Crippen molar-refractivity contribution in [2.24, 2.45) is 9.98 Å². The smallest absolute Gasteiger partial charge is 0.160 e. The molecule has 0 N–H and O–H groups in total. The summed E-state index contributed by atoms with van der Waals surface area (Å²) in [5.74, 6) is 1.58. The molecule has 7 aromatic carbocycles. The third-order valence-electron chi connectivity index (χ3n) is 9.11. The fourth-order valence-corrected chi connectivity index (χ4v) is 6.80. The molecular weight excluding hydrogens is 562 g/mol. The molecule has 9 rings (SSSR count). The molecule has 0 aliphatic carbocycles. The molecule has 2 heterocycles. The number of benzene rings is 7. The Morgan fingerprint density at radius 1 is 0.543 bits per heavy atom. The number of fused-ring (bicyclic) bond motifs is 5. The molecule has 0 fully saturated rings. The van der Waals surface area contributed by atoms with Gasteiger partial charge < -0.3 is 9.32 Å². The monoisotopic (exact) mass is 591 g/mol. The lowest BCUT2D eigenvalue weighted by atomic mass is 9.99. The van der Waals surface area contributed by atoms with E-state index in [1.165, 1.54) is 21.9 Å². The highest BCUT2D eigenvalue weighted by molar-refractivity contribution is 6.24. The standard InChI is InChI=1S/C42H29N3O/c1-45-41(30-23-21-28(22-24-30)27-11-3-2-4-12-27)43-40(44-42(45)34-18-9-16-29-13-7-8-17-33(29)34)35-19-10-20-37-39(35)36-25-31-14-5-6-15-32(31)26-38(36)46-37/h2-26,41H,1H3. The molecule has 0 amide bonds. The van der Waals surface area contributed by atoms with Crippen LogP contribution in [0.5, 0.6) is 0 Å². The molecule has 1 aliphatic heterocycles. The molecule has 8 aromatic rings. The Morgan fingerprint density at radius 3 is 2.02 bits per heavy atom. The summed E-state index contributed by atoms with van der Waals surface area (Å²) in [6.07, 6.45) is -0.277. The molecule has 4 heteroatoms. The topological polar surface area (TPSA) is 41.1 Å². The third kappa shape index (κ3) is 4.30. The summed E-state index contributed by atoms with van der Waals surface area (Å²) in [5.41, 5.74) is 7.20. The first kappa shape index (κ1) is 26.4. The van der Waals surface area contributed by atoms with E-state index in [-0.39, 0.29) is 6.17 Å². The van der Waals surface area contributed by atoms with Crippen molar-refractivity contribution in [3.63, 3.8) is 0 Å².